The minimum Gasteiger partial charge on any atom is -0.454 e. The third kappa shape index (κ3) is 4.89. The molecule has 0 radical (unpaired) electrons. The molecule has 2 aromatic heterocycles. The monoisotopic (exact) mass is 479 g/mol. The van der Waals surface area contributed by atoms with E-state index in [0.29, 0.717) is 40.6 Å². The van der Waals surface area contributed by atoms with Gasteiger partial charge in [-0.1, -0.05) is 36.0 Å². The maximum atomic E-state index is 13.1. The number of rotatable bonds is 8. The zero-order chi connectivity index (χ0) is 22.6. The topological polar surface area (TPSA) is 82.5 Å². The van der Waals surface area contributed by atoms with E-state index in [1.54, 1.807) is 22.0 Å². The zero-order valence-electron chi connectivity index (χ0n) is 17.7. The number of para-hydroxylation sites is 1. The molecule has 0 saturated carbocycles. The summed E-state index contributed by atoms with van der Waals surface area (Å²) < 4.78 is 12.4. The van der Waals surface area contributed by atoms with Crippen molar-refractivity contribution >= 4 is 39.9 Å². The lowest BCUT2D eigenvalue weighted by Gasteiger charge is -2.13. The number of carbonyl (C=O) groups is 1. The maximum Gasteiger partial charge on any atom is 0.262 e. The lowest BCUT2D eigenvalue weighted by atomic mass is 10.2. The summed E-state index contributed by atoms with van der Waals surface area (Å²) in [5.41, 5.74) is 1.48. The van der Waals surface area contributed by atoms with Gasteiger partial charge in [-0.2, -0.15) is 0 Å². The van der Waals surface area contributed by atoms with Crippen LogP contribution in [0.3, 0.4) is 0 Å². The second-order valence-corrected chi connectivity index (χ2v) is 9.43. The molecule has 4 aromatic rings. The maximum absolute atomic E-state index is 13.1. The highest BCUT2D eigenvalue weighted by atomic mass is 32.2. The molecule has 5 rings (SSSR count). The summed E-state index contributed by atoms with van der Waals surface area (Å²) in [5, 5.41) is 6.07. The molecule has 1 aliphatic heterocycles. The number of amides is 1. The number of aryl methyl sites for hydroxylation is 1. The number of carbonyl (C=O) groups excluding carboxylic acids is 1. The number of hydrogen-bond acceptors (Lipinski definition) is 7. The number of benzene rings is 2. The first kappa shape index (κ1) is 21.5. The summed E-state index contributed by atoms with van der Waals surface area (Å²) in [5.74, 6) is 1.42. The fourth-order valence-corrected chi connectivity index (χ4v) is 5.12. The van der Waals surface area contributed by atoms with E-state index in [0.717, 1.165) is 12.0 Å². The molecular weight excluding hydrogens is 458 g/mol. The van der Waals surface area contributed by atoms with Crippen LogP contribution in [-0.4, -0.2) is 28.0 Å². The first-order valence-corrected chi connectivity index (χ1v) is 12.3. The molecule has 9 heteroatoms. The number of thiophene rings is 1. The number of fused-ring (bicyclic) bond motifs is 2. The lowest BCUT2D eigenvalue weighted by molar-refractivity contribution is -0.118. The highest BCUT2D eigenvalue weighted by Crippen LogP contribution is 2.32. The molecule has 0 unspecified atom stereocenters. The van der Waals surface area contributed by atoms with Crippen LogP contribution in [0.4, 0.5) is 0 Å². The second-order valence-electron chi connectivity index (χ2n) is 7.45. The van der Waals surface area contributed by atoms with E-state index < -0.39 is 0 Å². The normalized spacial score (nSPS) is 12.2. The fraction of sp³-hybridized carbons (Fsp3) is 0.208. The van der Waals surface area contributed by atoms with Crippen molar-refractivity contribution in [2.24, 2.45) is 0 Å². The Kier molecular flexibility index (Phi) is 6.32. The Balaban J connectivity index is 1.28. The molecule has 1 amide bonds. The molecule has 0 atom stereocenters. The van der Waals surface area contributed by atoms with Gasteiger partial charge in [0.2, 0.25) is 12.7 Å². The van der Waals surface area contributed by atoms with Crippen molar-refractivity contribution in [3.8, 4) is 11.5 Å². The predicted molar refractivity (Wildman–Crippen MR) is 129 cm³/mol. The highest BCUT2D eigenvalue weighted by molar-refractivity contribution is 7.99. The Morgan fingerprint density at radius 3 is 2.88 bits per heavy atom. The molecule has 1 aliphatic rings. The van der Waals surface area contributed by atoms with Gasteiger partial charge in [0.05, 0.1) is 16.7 Å². The summed E-state index contributed by atoms with van der Waals surface area (Å²) in [6, 6.07) is 17.0. The standard InChI is InChI=1S/C24H21N3O4S2/c28-22(25-13-16-7-8-20-21(12-16)31-15-30-20)14-33-24-26-19-6-2-1-5-18(19)23(29)27(24)10-9-17-4-3-11-32-17/h1-8,11-12H,9-10,13-15H2,(H,25,28). The van der Waals surface area contributed by atoms with E-state index in [4.69, 9.17) is 9.47 Å². The van der Waals surface area contributed by atoms with Crippen LogP contribution in [0, 0.1) is 0 Å². The van der Waals surface area contributed by atoms with Gasteiger partial charge in [0, 0.05) is 18.0 Å². The Labute approximate surface area is 198 Å². The van der Waals surface area contributed by atoms with Crippen molar-refractivity contribution in [3.05, 3.63) is 80.8 Å². The third-order valence-corrected chi connectivity index (χ3v) is 7.16. The molecule has 0 aliphatic carbocycles. The van der Waals surface area contributed by atoms with Gasteiger partial charge in [-0.05, 0) is 47.7 Å². The van der Waals surface area contributed by atoms with Crippen LogP contribution in [0.1, 0.15) is 10.4 Å². The molecule has 0 bridgehead atoms. The molecule has 2 aromatic carbocycles. The number of thioether (sulfide) groups is 1. The Morgan fingerprint density at radius 2 is 2.00 bits per heavy atom. The van der Waals surface area contributed by atoms with Gasteiger partial charge < -0.3 is 14.8 Å². The number of aromatic nitrogens is 2. The Bertz CT molecular complexity index is 1350. The van der Waals surface area contributed by atoms with Crippen LogP contribution < -0.4 is 20.3 Å². The molecule has 168 valence electrons. The van der Waals surface area contributed by atoms with Crippen LogP contribution in [0.2, 0.25) is 0 Å². The molecule has 1 N–H and O–H groups in total. The van der Waals surface area contributed by atoms with Crippen LogP contribution >= 0.6 is 23.1 Å². The summed E-state index contributed by atoms with van der Waals surface area (Å²) >= 11 is 2.94. The first-order valence-electron chi connectivity index (χ1n) is 10.5. The minimum atomic E-state index is -0.134. The zero-order valence-corrected chi connectivity index (χ0v) is 19.3. The molecule has 0 spiro atoms. The molecule has 0 saturated heterocycles. The van der Waals surface area contributed by atoms with Crippen molar-refractivity contribution in [1.29, 1.82) is 0 Å². The second kappa shape index (κ2) is 9.68. The number of nitrogens with zero attached hydrogens (tertiary/aromatic N) is 2. The number of ether oxygens (including phenoxy) is 2. The van der Waals surface area contributed by atoms with Crippen molar-refractivity contribution in [3.63, 3.8) is 0 Å². The van der Waals surface area contributed by atoms with Crippen molar-refractivity contribution < 1.29 is 14.3 Å². The van der Waals surface area contributed by atoms with E-state index in [-0.39, 0.29) is 24.0 Å². The van der Waals surface area contributed by atoms with Gasteiger partial charge in [-0.25, -0.2) is 4.98 Å². The van der Waals surface area contributed by atoms with Crippen molar-refractivity contribution in [1.82, 2.24) is 14.9 Å². The Hall–Kier alpha value is -3.30. The van der Waals surface area contributed by atoms with Crippen molar-refractivity contribution in [2.75, 3.05) is 12.5 Å². The molecule has 7 nitrogen and oxygen atoms in total. The van der Waals surface area contributed by atoms with Gasteiger partial charge in [0.15, 0.2) is 16.7 Å². The highest BCUT2D eigenvalue weighted by Gasteiger charge is 2.15. The quantitative estimate of drug-likeness (QED) is 0.306. The molecule has 3 heterocycles. The number of nitrogens with one attached hydrogen (secondary N) is 1. The van der Waals surface area contributed by atoms with Gasteiger partial charge in [0.1, 0.15) is 0 Å². The predicted octanol–water partition coefficient (Wildman–Crippen LogP) is 3.84. The number of hydrogen-bond donors (Lipinski definition) is 1. The largest absolute Gasteiger partial charge is 0.454 e. The summed E-state index contributed by atoms with van der Waals surface area (Å²) in [6.07, 6.45) is 0.738. The molecule has 33 heavy (non-hydrogen) atoms. The van der Waals surface area contributed by atoms with Crippen LogP contribution in [0.5, 0.6) is 11.5 Å². The van der Waals surface area contributed by atoms with Crippen LogP contribution in [0.15, 0.2) is 69.9 Å². The van der Waals surface area contributed by atoms with E-state index in [9.17, 15) is 9.59 Å². The van der Waals surface area contributed by atoms with Crippen LogP contribution in [-0.2, 0) is 24.3 Å². The average molecular weight is 480 g/mol. The van der Waals surface area contributed by atoms with E-state index in [2.05, 4.69) is 16.4 Å². The van der Waals surface area contributed by atoms with Gasteiger partial charge >= 0.3 is 0 Å². The van der Waals surface area contributed by atoms with Crippen molar-refractivity contribution in [2.45, 2.75) is 24.7 Å². The SMILES string of the molecule is O=C(CSc1nc2ccccc2c(=O)n1CCc1cccs1)NCc1ccc2c(c1)OCO2. The summed E-state index contributed by atoms with van der Waals surface area (Å²) in [6.45, 7) is 1.11. The molecule has 0 fully saturated rings. The smallest absolute Gasteiger partial charge is 0.262 e. The Morgan fingerprint density at radius 1 is 1.12 bits per heavy atom. The van der Waals surface area contributed by atoms with Gasteiger partial charge in [-0.15, -0.1) is 11.3 Å². The summed E-state index contributed by atoms with van der Waals surface area (Å²) in [7, 11) is 0. The van der Waals surface area contributed by atoms with Crippen LogP contribution in [0.25, 0.3) is 10.9 Å². The fourth-order valence-electron chi connectivity index (χ4n) is 3.56. The third-order valence-electron chi connectivity index (χ3n) is 5.25. The van der Waals surface area contributed by atoms with E-state index in [1.807, 2.05) is 47.8 Å². The van der Waals surface area contributed by atoms with E-state index in [1.165, 1.54) is 16.6 Å². The van der Waals surface area contributed by atoms with Gasteiger partial charge in [-0.3, -0.25) is 14.2 Å². The van der Waals surface area contributed by atoms with Gasteiger partial charge in [0.25, 0.3) is 5.56 Å². The average Bonchev–Trinajstić information content (AvgIpc) is 3.52. The molecular formula is C24H21N3O4S2. The summed E-state index contributed by atoms with van der Waals surface area (Å²) in [4.78, 5) is 31.6. The minimum absolute atomic E-state index is 0.0829. The lowest BCUT2D eigenvalue weighted by Crippen LogP contribution is -2.27. The first-order chi connectivity index (χ1) is 16.2. The van der Waals surface area contributed by atoms with E-state index >= 15 is 0 Å².